The fourth-order valence-corrected chi connectivity index (χ4v) is 2.49. The van der Waals surface area contributed by atoms with E-state index in [1.54, 1.807) is 18.4 Å². The first-order chi connectivity index (χ1) is 8.19. The molecule has 3 nitrogen and oxygen atoms in total. The zero-order valence-electron chi connectivity index (χ0n) is 10.0. The third-order valence-corrected chi connectivity index (χ3v) is 3.59. The minimum Gasteiger partial charge on any atom is -0.497 e. The predicted octanol–water partition coefficient (Wildman–Crippen LogP) is 2.70. The molecule has 0 radical (unpaired) electrons. The molecule has 2 N–H and O–H groups in total. The van der Waals surface area contributed by atoms with E-state index in [0.29, 0.717) is 0 Å². The number of rotatable bonds is 4. The van der Waals surface area contributed by atoms with E-state index in [4.69, 9.17) is 10.5 Å². The van der Waals surface area contributed by atoms with Crippen molar-refractivity contribution >= 4 is 11.3 Å². The van der Waals surface area contributed by atoms with E-state index >= 15 is 0 Å². The van der Waals surface area contributed by atoms with Gasteiger partial charge in [-0.3, -0.25) is 0 Å². The highest BCUT2D eigenvalue weighted by atomic mass is 32.1. The van der Waals surface area contributed by atoms with Crippen LogP contribution in [0.25, 0.3) is 0 Å². The second-order valence-electron chi connectivity index (χ2n) is 3.97. The summed E-state index contributed by atoms with van der Waals surface area (Å²) in [7, 11) is 1.66. The number of benzene rings is 1. The lowest BCUT2D eigenvalue weighted by Gasteiger charge is -2.10. The van der Waals surface area contributed by atoms with Gasteiger partial charge in [-0.2, -0.15) is 0 Å². The molecule has 1 aromatic heterocycles. The van der Waals surface area contributed by atoms with Gasteiger partial charge in [0.15, 0.2) is 0 Å². The van der Waals surface area contributed by atoms with Crippen molar-refractivity contribution in [1.82, 2.24) is 4.98 Å². The van der Waals surface area contributed by atoms with Gasteiger partial charge < -0.3 is 10.5 Å². The molecule has 1 unspecified atom stereocenters. The number of thiazole rings is 1. The monoisotopic (exact) mass is 248 g/mol. The Morgan fingerprint density at radius 2 is 2.06 bits per heavy atom. The second-order valence-corrected chi connectivity index (χ2v) is 4.91. The van der Waals surface area contributed by atoms with Crippen molar-refractivity contribution in [1.29, 1.82) is 0 Å². The molecular formula is C13H16N2OS. The molecule has 0 aliphatic carbocycles. The number of ether oxygens (including phenoxy) is 1. The average molecular weight is 248 g/mol. The molecule has 2 aromatic rings. The zero-order valence-corrected chi connectivity index (χ0v) is 10.8. The van der Waals surface area contributed by atoms with Gasteiger partial charge in [0, 0.05) is 23.5 Å². The van der Waals surface area contributed by atoms with Crippen molar-refractivity contribution < 1.29 is 4.74 Å². The molecule has 0 aliphatic heterocycles. The summed E-state index contributed by atoms with van der Waals surface area (Å²) in [5, 5.41) is 3.14. The maximum Gasteiger partial charge on any atom is 0.118 e. The minimum atomic E-state index is -0.00791. The first-order valence-corrected chi connectivity index (χ1v) is 6.37. The number of hydrogen-bond donors (Lipinski definition) is 1. The third kappa shape index (κ3) is 3.05. The fourth-order valence-electron chi connectivity index (χ4n) is 1.65. The number of nitrogens with two attached hydrogens (primary N) is 1. The lowest BCUT2D eigenvalue weighted by molar-refractivity contribution is 0.414. The lowest BCUT2D eigenvalue weighted by atomic mass is 10.1. The SMILES string of the molecule is COc1ccc(C(N)Cc2nc(C)cs2)cc1. The number of aromatic nitrogens is 1. The van der Waals surface area contributed by atoms with Crippen molar-refractivity contribution in [3.8, 4) is 5.75 Å². The van der Waals surface area contributed by atoms with E-state index < -0.39 is 0 Å². The first kappa shape index (κ1) is 12.1. The van der Waals surface area contributed by atoms with Crippen molar-refractivity contribution in [2.45, 2.75) is 19.4 Å². The number of aryl methyl sites for hydroxylation is 1. The van der Waals surface area contributed by atoms with Gasteiger partial charge in [-0.15, -0.1) is 11.3 Å². The molecule has 4 heteroatoms. The van der Waals surface area contributed by atoms with E-state index in [0.717, 1.165) is 28.4 Å². The van der Waals surface area contributed by atoms with Gasteiger partial charge in [0.1, 0.15) is 5.75 Å². The summed E-state index contributed by atoms with van der Waals surface area (Å²) in [6.07, 6.45) is 0.783. The molecule has 0 saturated heterocycles. The maximum atomic E-state index is 6.15. The van der Waals surface area contributed by atoms with Gasteiger partial charge >= 0.3 is 0 Å². The molecule has 0 spiro atoms. The van der Waals surface area contributed by atoms with Crippen LogP contribution in [0.2, 0.25) is 0 Å². The highest BCUT2D eigenvalue weighted by Crippen LogP contribution is 2.20. The van der Waals surface area contributed by atoms with E-state index in [9.17, 15) is 0 Å². The van der Waals surface area contributed by atoms with Gasteiger partial charge in [0.2, 0.25) is 0 Å². The minimum absolute atomic E-state index is 0.00791. The van der Waals surface area contributed by atoms with Gasteiger partial charge in [-0.1, -0.05) is 12.1 Å². The quantitative estimate of drug-likeness (QED) is 0.905. The maximum absolute atomic E-state index is 6.15. The van der Waals surface area contributed by atoms with E-state index in [2.05, 4.69) is 10.4 Å². The van der Waals surface area contributed by atoms with Gasteiger partial charge in [-0.25, -0.2) is 4.98 Å². The Balaban J connectivity index is 2.06. The largest absolute Gasteiger partial charge is 0.497 e. The summed E-state index contributed by atoms with van der Waals surface area (Å²) in [5.74, 6) is 0.853. The molecule has 90 valence electrons. The van der Waals surface area contributed by atoms with E-state index in [1.807, 2.05) is 31.2 Å². The Labute approximate surface area is 105 Å². The molecule has 0 saturated carbocycles. The molecule has 17 heavy (non-hydrogen) atoms. The average Bonchev–Trinajstić information content (AvgIpc) is 2.75. The Morgan fingerprint density at radius 3 is 2.59 bits per heavy atom. The Morgan fingerprint density at radius 1 is 1.35 bits per heavy atom. The molecule has 0 amide bonds. The van der Waals surface area contributed by atoms with Crippen LogP contribution in [0, 0.1) is 6.92 Å². The topological polar surface area (TPSA) is 48.1 Å². The van der Waals surface area contributed by atoms with Crippen LogP contribution in [0.3, 0.4) is 0 Å². The molecule has 1 heterocycles. The number of nitrogens with zero attached hydrogens (tertiary/aromatic N) is 1. The number of methoxy groups -OCH3 is 1. The molecule has 0 bridgehead atoms. The molecule has 1 atom stereocenters. The highest BCUT2D eigenvalue weighted by molar-refractivity contribution is 7.09. The summed E-state index contributed by atoms with van der Waals surface area (Å²) in [5.41, 5.74) is 8.33. The summed E-state index contributed by atoms with van der Waals surface area (Å²) < 4.78 is 5.12. The third-order valence-electron chi connectivity index (χ3n) is 2.61. The van der Waals surface area contributed by atoms with Crippen LogP contribution >= 0.6 is 11.3 Å². The normalized spacial score (nSPS) is 12.4. The van der Waals surface area contributed by atoms with E-state index in [1.165, 1.54) is 0 Å². The molecule has 0 aliphatic rings. The Hall–Kier alpha value is -1.39. The molecule has 1 aromatic carbocycles. The Kier molecular flexibility index (Phi) is 3.76. The smallest absolute Gasteiger partial charge is 0.118 e. The van der Waals surface area contributed by atoms with Crippen LogP contribution < -0.4 is 10.5 Å². The second kappa shape index (κ2) is 5.29. The summed E-state index contributed by atoms with van der Waals surface area (Å²) in [4.78, 5) is 4.42. The predicted molar refractivity (Wildman–Crippen MR) is 70.5 cm³/mol. The summed E-state index contributed by atoms with van der Waals surface area (Å²) >= 11 is 1.66. The van der Waals surface area contributed by atoms with Gasteiger partial charge in [0.25, 0.3) is 0 Å². The van der Waals surface area contributed by atoms with Crippen molar-refractivity contribution in [3.63, 3.8) is 0 Å². The van der Waals surface area contributed by atoms with Gasteiger partial charge in [0.05, 0.1) is 12.1 Å². The molecular weight excluding hydrogens is 232 g/mol. The Bertz CT molecular complexity index is 478. The van der Waals surface area contributed by atoms with Crippen molar-refractivity contribution in [2.24, 2.45) is 5.73 Å². The highest BCUT2D eigenvalue weighted by Gasteiger charge is 2.09. The van der Waals surface area contributed by atoms with Crippen LogP contribution in [-0.2, 0) is 6.42 Å². The van der Waals surface area contributed by atoms with Crippen molar-refractivity contribution in [2.75, 3.05) is 7.11 Å². The van der Waals surface area contributed by atoms with Crippen molar-refractivity contribution in [3.05, 3.63) is 45.9 Å². The lowest BCUT2D eigenvalue weighted by Crippen LogP contribution is -2.13. The van der Waals surface area contributed by atoms with Gasteiger partial charge in [-0.05, 0) is 24.6 Å². The standard InChI is InChI=1S/C13H16N2OS/c1-9-8-17-13(15-9)7-12(14)10-3-5-11(16-2)6-4-10/h3-6,8,12H,7,14H2,1-2H3. The fraction of sp³-hybridized carbons (Fsp3) is 0.308. The molecule has 2 rings (SSSR count). The van der Waals surface area contributed by atoms with Crippen LogP contribution in [0.4, 0.5) is 0 Å². The summed E-state index contributed by atoms with van der Waals surface area (Å²) in [6.45, 7) is 2.00. The van der Waals surface area contributed by atoms with Crippen LogP contribution in [0.1, 0.15) is 22.3 Å². The zero-order chi connectivity index (χ0) is 12.3. The van der Waals surface area contributed by atoms with Crippen LogP contribution in [-0.4, -0.2) is 12.1 Å². The van der Waals surface area contributed by atoms with Crippen LogP contribution in [0.5, 0.6) is 5.75 Å². The van der Waals surface area contributed by atoms with E-state index in [-0.39, 0.29) is 6.04 Å². The first-order valence-electron chi connectivity index (χ1n) is 5.49. The molecule has 0 fully saturated rings. The van der Waals surface area contributed by atoms with Crippen LogP contribution in [0.15, 0.2) is 29.6 Å². The summed E-state index contributed by atoms with van der Waals surface area (Å²) in [6, 6.07) is 7.87. The number of hydrogen-bond acceptors (Lipinski definition) is 4.